The summed E-state index contributed by atoms with van der Waals surface area (Å²) in [6.07, 6.45) is 4.95. The van der Waals surface area contributed by atoms with Gasteiger partial charge in [-0.2, -0.15) is 0 Å². The van der Waals surface area contributed by atoms with Gasteiger partial charge in [0.2, 0.25) is 0 Å². The zero-order valence-electron chi connectivity index (χ0n) is 10.6. The summed E-state index contributed by atoms with van der Waals surface area (Å²) in [5.41, 5.74) is 2.41. The third-order valence-electron chi connectivity index (χ3n) is 3.21. The van der Waals surface area contributed by atoms with Crippen LogP contribution >= 0.6 is 0 Å². The van der Waals surface area contributed by atoms with Crippen molar-refractivity contribution < 1.29 is 14.3 Å². The van der Waals surface area contributed by atoms with Crippen LogP contribution in [0.4, 0.5) is 0 Å². The Kier molecular flexibility index (Phi) is 4.03. The number of ether oxygens (including phenoxy) is 2. The number of hydrogen-bond acceptors (Lipinski definition) is 3. The van der Waals surface area contributed by atoms with Crippen molar-refractivity contribution in [3.05, 3.63) is 42.0 Å². The van der Waals surface area contributed by atoms with Crippen molar-refractivity contribution in [1.82, 2.24) is 0 Å². The fraction of sp³-hybridized carbons (Fsp3) is 0.400. The molecule has 0 saturated heterocycles. The SMILES string of the molecule is C=CCC1Cc2c(CCC(=O)OC)cccc2O1. The van der Waals surface area contributed by atoms with Crippen molar-refractivity contribution in [1.29, 1.82) is 0 Å². The van der Waals surface area contributed by atoms with Crippen molar-refractivity contribution in [3.63, 3.8) is 0 Å². The first-order chi connectivity index (χ1) is 8.74. The number of hydrogen-bond donors (Lipinski definition) is 0. The minimum Gasteiger partial charge on any atom is -0.489 e. The van der Waals surface area contributed by atoms with Gasteiger partial charge in [0.25, 0.3) is 0 Å². The molecule has 18 heavy (non-hydrogen) atoms. The molecule has 0 spiro atoms. The lowest BCUT2D eigenvalue weighted by molar-refractivity contribution is -0.140. The molecule has 3 heteroatoms. The van der Waals surface area contributed by atoms with Crippen LogP contribution in [-0.4, -0.2) is 19.2 Å². The number of esters is 1. The van der Waals surface area contributed by atoms with Crippen LogP contribution in [0.2, 0.25) is 0 Å². The molecule has 2 rings (SSSR count). The third kappa shape index (κ3) is 2.73. The van der Waals surface area contributed by atoms with Crippen LogP contribution in [0, 0.1) is 0 Å². The quantitative estimate of drug-likeness (QED) is 0.592. The molecule has 0 N–H and O–H groups in total. The van der Waals surface area contributed by atoms with Gasteiger partial charge in [-0.15, -0.1) is 6.58 Å². The largest absolute Gasteiger partial charge is 0.489 e. The second-order valence-electron chi connectivity index (χ2n) is 4.44. The predicted octanol–water partition coefficient (Wildman–Crippen LogP) is 2.67. The van der Waals surface area contributed by atoms with E-state index in [0.717, 1.165) is 18.6 Å². The summed E-state index contributed by atoms with van der Waals surface area (Å²) in [5.74, 6) is 0.776. The maximum Gasteiger partial charge on any atom is 0.305 e. The average Bonchev–Trinajstić information content (AvgIpc) is 2.79. The molecule has 0 radical (unpaired) electrons. The van der Waals surface area contributed by atoms with Gasteiger partial charge >= 0.3 is 5.97 Å². The lowest BCUT2D eigenvalue weighted by Gasteiger charge is -2.06. The van der Waals surface area contributed by atoms with Crippen LogP contribution in [0.5, 0.6) is 5.75 Å². The topological polar surface area (TPSA) is 35.5 Å². The summed E-state index contributed by atoms with van der Waals surface area (Å²) in [6, 6.07) is 6.02. The molecule has 0 aromatic heterocycles. The Balaban J connectivity index is 2.08. The molecule has 0 aliphatic carbocycles. The summed E-state index contributed by atoms with van der Waals surface area (Å²) < 4.78 is 10.5. The van der Waals surface area contributed by atoms with Crippen LogP contribution in [0.1, 0.15) is 24.0 Å². The maximum atomic E-state index is 11.2. The highest BCUT2D eigenvalue weighted by molar-refractivity contribution is 5.69. The summed E-state index contributed by atoms with van der Waals surface area (Å²) in [5, 5.41) is 0. The molecule has 3 nitrogen and oxygen atoms in total. The van der Waals surface area contributed by atoms with E-state index in [9.17, 15) is 4.79 Å². The maximum absolute atomic E-state index is 11.2. The highest BCUT2D eigenvalue weighted by atomic mass is 16.5. The lowest BCUT2D eigenvalue weighted by Crippen LogP contribution is -2.11. The monoisotopic (exact) mass is 246 g/mol. The van der Waals surface area contributed by atoms with Gasteiger partial charge in [-0.3, -0.25) is 4.79 Å². The molecule has 1 unspecified atom stereocenters. The highest BCUT2D eigenvalue weighted by Gasteiger charge is 2.24. The number of rotatable bonds is 5. The van der Waals surface area contributed by atoms with E-state index < -0.39 is 0 Å². The summed E-state index contributed by atoms with van der Waals surface area (Å²) >= 11 is 0. The number of carbonyl (C=O) groups excluding carboxylic acids is 1. The molecule has 0 amide bonds. The fourth-order valence-electron chi connectivity index (χ4n) is 2.29. The Morgan fingerprint density at radius 2 is 2.44 bits per heavy atom. The third-order valence-corrected chi connectivity index (χ3v) is 3.21. The molecule has 1 aliphatic rings. The second kappa shape index (κ2) is 5.71. The van der Waals surface area contributed by atoms with E-state index >= 15 is 0 Å². The number of fused-ring (bicyclic) bond motifs is 1. The molecule has 1 atom stereocenters. The minimum absolute atomic E-state index is 0.172. The van der Waals surface area contributed by atoms with Gasteiger partial charge in [-0.1, -0.05) is 18.2 Å². The van der Waals surface area contributed by atoms with E-state index in [4.69, 9.17) is 4.74 Å². The van der Waals surface area contributed by atoms with Gasteiger partial charge in [0.05, 0.1) is 7.11 Å². The van der Waals surface area contributed by atoms with Gasteiger partial charge in [-0.25, -0.2) is 0 Å². The highest BCUT2D eigenvalue weighted by Crippen LogP contribution is 2.33. The number of benzene rings is 1. The Hall–Kier alpha value is -1.77. The van der Waals surface area contributed by atoms with Gasteiger partial charge in [0.15, 0.2) is 0 Å². The Labute approximate surface area is 107 Å². The van der Waals surface area contributed by atoms with Crippen LogP contribution in [0.3, 0.4) is 0 Å². The zero-order valence-corrected chi connectivity index (χ0v) is 10.6. The minimum atomic E-state index is -0.172. The first-order valence-electron chi connectivity index (χ1n) is 6.19. The molecule has 1 heterocycles. The van der Waals surface area contributed by atoms with Gasteiger partial charge in [-0.05, 0) is 18.1 Å². The molecule has 0 bridgehead atoms. The molecule has 0 fully saturated rings. The second-order valence-corrected chi connectivity index (χ2v) is 4.44. The normalized spacial score (nSPS) is 16.8. The molecular formula is C15H18O3. The molecule has 96 valence electrons. The predicted molar refractivity (Wildman–Crippen MR) is 69.7 cm³/mol. The standard InChI is InChI=1S/C15H18O3/c1-3-5-12-10-13-11(8-9-15(16)17-2)6-4-7-14(13)18-12/h3-4,6-7,12H,1,5,8-10H2,2H3. The van der Waals surface area contributed by atoms with E-state index in [1.165, 1.54) is 18.2 Å². The van der Waals surface area contributed by atoms with Crippen LogP contribution in [0.15, 0.2) is 30.9 Å². The molecule has 1 aromatic rings. The van der Waals surface area contributed by atoms with Crippen LogP contribution in [-0.2, 0) is 22.4 Å². The summed E-state index contributed by atoms with van der Waals surface area (Å²) in [7, 11) is 1.42. The van der Waals surface area contributed by atoms with E-state index in [1.54, 1.807) is 0 Å². The molecular weight excluding hydrogens is 228 g/mol. The van der Waals surface area contributed by atoms with E-state index in [2.05, 4.69) is 17.4 Å². The average molecular weight is 246 g/mol. The van der Waals surface area contributed by atoms with Gasteiger partial charge < -0.3 is 9.47 Å². The van der Waals surface area contributed by atoms with Crippen molar-refractivity contribution in [2.45, 2.75) is 31.8 Å². The van der Waals surface area contributed by atoms with E-state index in [0.29, 0.717) is 12.8 Å². The van der Waals surface area contributed by atoms with Crippen molar-refractivity contribution in [3.8, 4) is 5.75 Å². The smallest absolute Gasteiger partial charge is 0.305 e. The van der Waals surface area contributed by atoms with Crippen LogP contribution in [0.25, 0.3) is 0 Å². The lowest BCUT2D eigenvalue weighted by atomic mass is 9.98. The Bertz CT molecular complexity index is 451. The molecule has 1 aliphatic heterocycles. The number of aryl methyl sites for hydroxylation is 1. The van der Waals surface area contributed by atoms with Crippen molar-refractivity contribution >= 4 is 5.97 Å². The van der Waals surface area contributed by atoms with Gasteiger partial charge in [0, 0.05) is 24.8 Å². The first kappa shape index (κ1) is 12.7. The number of methoxy groups -OCH3 is 1. The van der Waals surface area contributed by atoms with Crippen molar-refractivity contribution in [2.75, 3.05) is 7.11 Å². The first-order valence-corrected chi connectivity index (χ1v) is 6.19. The van der Waals surface area contributed by atoms with E-state index in [-0.39, 0.29) is 12.1 Å². The van der Waals surface area contributed by atoms with Crippen LogP contribution < -0.4 is 4.74 Å². The molecule has 0 saturated carbocycles. The number of carbonyl (C=O) groups is 1. The zero-order chi connectivity index (χ0) is 13.0. The van der Waals surface area contributed by atoms with Gasteiger partial charge in [0.1, 0.15) is 11.9 Å². The van der Waals surface area contributed by atoms with Crippen molar-refractivity contribution in [2.24, 2.45) is 0 Å². The fourth-order valence-corrected chi connectivity index (χ4v) is 2.29. The molecule has 1 aromatic carbocycles. The summed E-state index contributed by atoms with van der Waals surface area (Å²) in [4.78, 5) is 11.2. The Morgan fingerprint density at radius 3 is 3.17 bits per heavy atom. The van der Waals surface area contributed by atoms with E-state index in [1.807, 2.05) is 18.2 Å². The Morgan fingerprint density at radius 1 is 1.61 bits per heavy atom. The summed E-state index contributed by atoms with van der Waals surface area (Å²) in [6.45, 7) is 3.74.